The first-order valence-electron chi connectivity index (χ1n) is 5.93. The molecule has 2 aromatic rings. The molecule has 2 heterocycles. The topological polar surface area (TPSA) is 56.2 Å². The van der Waals surface area contributed by atoms with Crippen LogP contribution in [0.25, 0.3) is 5.65 Å². The lowest BCUT2D eigenvalue weighted by Crippen LogP contribution is -2.05. The molecule has 4 heteroatoms. The summed E-state index contributed by atoms with van der Waals surface area (Å²) in [6, 6.07) is 0. The zero-order valence-electron chi connectivity index (χ0n) is 9.26. The Hall–Kier alpha value is -1.58. The molecule has 1 aliphatic rings. The van der Waals surface area contributed by atoms with E-state index in [1.54, 1.807) is 10.7 Å². The SMILES string of the molecule is Nc1cnc2c(C3CCCCC3)cnn2c1. The Morgan fingerprint density at radius 1 is 1.19 bits per heavy atom. The molecule has 2 N–H and O–H groups in total. The van der Waals surface area contributed by atoms with E-state index >= 15 is 0 Å². The van der Waals surface area contributed by atoms with Crippen LogP contribution in [0, 0.1) is 0 Å². The van der Waals surface area contributed by atoms with Crippen molar-refractivity contribution in [3.05, 3.63) is 24.2 Å². The Morgan fingerprint density at radius 2 is 2.00 bits per heavy atom. The fourth-order valence-corrected chi connectivity index (χ4v) is 2.61. The first-order valence-corrected chi connectivity index (χ1v) is 5.93. The van der Waals surface area contributed by atoms with Crippen molar-refractivity contribution in [2.45, 2.75) is 38.0 Å². The van der Waals surface area contributed by atoms with Gasteiger partial charge in [-0.1, -0.05) is 19.3 Å². The summed E-state index contributed by atoms with van der Waals surface area (Å²) >= 11 is 0. The Labute approximate surface area is 94.5 Å². The smallest absolute Gasteiger partial charge is 0.158 e. The Morgan fingerprint density at radius 3 is 2.81 bits per heavy atom. The van der Waals surface area contributed by atoms with Gasteiger partial charge in [0.25, 0.3) is 0 Å². The summed E-state index contributed by atoms with van der Waals surface area (Å²) in [7, 11) is 0. The van der Waals surface area contributed by atoms with Gasteiger partial charge in [-0.3, -0.25) is 0 Å². The van der Waals surface area contributed by atoms with E-state index in [0.717, 1.165) is 5.65 Å². The molecule has 2 aromatic heterocycles. The van der Waals surface area contributed by atoms with Gasteiger partial charge < -0.3 is 5.73 Å². The molecule has 16 heavy (non-hydrogen) atoms. The van der Waals surface area contributed by atoms with E-state index in [1.807, 2.05) is 12.4 Å². The van der Waals surface area contributed by atoms with E-state index in [1.165, 1.54) is 37.7 Å². The third kappa shape index (κ3) is 1.54. The van der Waals surface area contributed by atoms with Gasteiger partial charge >= 0.3 is 0 Å². The van der Waals surface area contributed by atoms with Crippen LogP contribution in [-0.2, 0) is 0 Å². The predicted octanol–water partition coefficient (Wildman–Crippen LogP) is 2.36. The Bertz CT molecular complexity index is 497. The van der Waals surface area contributed by atoms with Crippen molar-refractivity contribution in [3.8, 4) is 0 Å². The normalized spacial score (nSPS) is 18.0. The molecule has 0 saturated heterocycles. The number of anilines is 1. The highest BCUT2D eigenvalue weighted by Gasteiger charge is 2.19. The molecule has 1 fully saturated rings. The molecule has 4 nitrogen and oxygen atoms in total. The maximum Gasteiger partial charge on any atom is 0.158 e. The molecule has 3 rings (SSSR count). The van der Waals surface area contributed by atoms with E-state index in [9.17, 15) is 0 Å². The average Bonchev–Trinajstić information content (AvgIpc) is 2.73. The van der Waals surface area contributed by atoms with Gasteiger partial charge in [0.15, 0.2) is 5.65 Å². The molecule has 0 amide bonds. The van der Waals surface area contributed by atoms with Crippen molar-refractivity contribution in [2.75, 3.05) is 5.73 Å². The van der Waals surface area contributed by atoms with Crippen LogP contribution in [0.15, 0.2) is 18.6 Å². The molecule has 0 aromatic carbocycles. The monoisotopic (exact) mass is 216 g/mol. The Balaban J connectivity index is 2.03. The van der Waals surface area contributed by atoms with Crippen LogP contribution in [-0.4, -0.2) is 14.6 Å². The van der Waals surface area contributed by atoms with Crippen LogP contribution < -0.4 is 5.73 Å². The number of fused-ring (bicyclic) bond motifs is 1. The number of hydrogen-bond acceptors (Lipinski definition) is 3. The van der Waals surface area contributed by atoms with Crippen LogP contribution >= 0.6 is 0 Å². The molecule has 0 spiro atoms. The van der Waals surface area contributed by atoms with Gasteiger partial charge in [-0.05, 0) is 18.8 Å². The van der Waals surface area contributed by atoms with Gasteiger partial charge in [-0.15, -0.1) is 0 Å². The number of rotatable bonds is 1. The summed E-state index contributed by atoms with van der Waals surface area (Å²) in [5.41, 5.74) is 8.61. The van der Waals surface area contributed by atoms with E-state index < -0.39 is 0 Å². The summed E-state index contributed by atoms with van der Waals surface area (Å²) in [5, 5.41) is 4.33. The lowest BCUT2D eigenvalue weighted by Gasteiger charge is -2.20. The summed E-state index contributed by atoms with van der Waals surface area (Å²) in [6.45, 7) is 0. The minimum atomic E-state index is 0.641. The first-order chi connectivity index (χ1) is 7.84. The van der Waals surface area contributed by atoms with Crippen molar-refractivity contribution in [3.63, 3.8) is 0 Å². The molecule has 1 aliphatic carbocycles. The lowest BCUT2D eigenvalue weighted by molar-refractivity contribution is 0.445. The van der Waals surface area contributed by atoms with Gasteiger partial charge in [0, 0.05) is 5.56 Å². The number of hydrogen-bond donors (Lipinski definition) is 1. The fraction of sp³-hybridized carbons (Fsp3) is 0.500. The maximum atomic E-state index is 5.69. The minimum absolute atomic E-state index is 0.641. The number of nitrogen functional groups attached to an aromatic ring is 1. The molecule has 0 radical (unpaired) electrons. The highest BCUT2D eigenvalue weighted by atomic mass is 15.2. The standard InChI is InChI=1S/C12H16N4/c13-10-6-14-12-11(7-15-16(12)8-10)9-4-2-1-3-5-9/h6-9H,1-5,13H2. The molecule has 1 saturated carbocycles. The van der Waals surface area contributed by atoms with Crippen molar-refractivity contribution in [2.24, 2.45) is 0 Å². The summed E-state index contributed by atoms with van der Waals surface area (Å²) in [4.78, 5) is 4.39. The first kappa shape index (κ1) is 9.63. The molecule has 0 aliphatic heterocycles. The number of nitrogens with two attached hydrogens (primary N) is 1. The second-order valence-electron chi connectivity index (χ2n) is 4.59. The maximum absolute atomic E-state index is 5.69. The summed E-state index contributed by atoms with van der Waals surface area (Å²) in [5.74, 6) is 0.641. The van der Waals surface area contributed by atoms with E-state index in [4.69, 9.17) is 5.73 Å². The van der Waals surface area contributed by atoms with Crippen LogP contribution in [0.4, 0.5) is 5.69 Å². The van der Waals surface area contributed by atoms with E-state index in [0.29, 0.717) is 11.6 Å². The van der Waals surface area contributed by atoms with Crippen molar-refractivity contribution < 1.29 is 0 Å². The van der Waals surface area contributed by atoms with Gasteiger partial charge in [0.05, 0.1) is 24.3 Å². The van der Waals surface area contributed by atoms with Crippen LogP contribution in [0.2, 0.25) is 0 Å². The Kier molecular flexibility index (Phi) is 2.27. The van der Waals surface area contributed by atoms with Crippen LogP contribution in [0.5, 0.6) is 0 Å². The summed E-state index contributed by atoms with van der Waals surface area (Å²) < 4.78 is 1.79. The zero-order valence-corrected chi connectivity index (χ0v) is 9.26. The van der Waals surface area contributed by atoms with E-state index in [-0.39, 0.29) is 0 Å². The molecule has 0 unspecified atom stereocenters. The van der Waals surface area contributed by atoms with Crippen LogP contribution in [0.3, 0.4) is 0 Å². The number of aromatic nitrogens is 3. The van der Waals surface area contributed by atoms with Gasteiger partial charge in [-0.2, -0.15) is 5.10 Å². The van der Waals surface area contributed by atoms with Gasteiger partial charge in [-0.25, -0.2) is 9.50 Å². The highest BCUT2D eigenvalue weighted by molar-refractivity contribution is 5.51. The largest absolute Gasteiger partial charge is 0.396 e. The predicted molar refractivity (Wildman–Crippen MR) is 63.2 cm³/mol. The lowest BCUT2D eigenvalue weighted by atomic mass is 9.85. The second-order valence-corrected chi connectivity index (χ2v) is 4.59. The molecular weight excluding hydrogens is 200 g/mol. The minimum Gasteiger partial charge on any atom is -0.396 e. The molecule has 0 atom stereocenters. The van der Waals surface area contributed by atoms with Crippen molar-refractivity contribution in [1.82, 2.24) is 14.6 Å². The van der Waals surface area contributed by atoms with Gasteiger partial charge in [0.1, 0.15) is 0 Å². The third-order valence-corrected chi connectivity index (χ3v) is 3.45. The van der Waals surface area contributed by atoms with Gasteiger partial charge in [0.2, 0.25) is 0 Å². The van der Waals surface area contributed by atoms with E-state index in [2.05, 4.69) is 10.1 Å². The third-order valence-electron chi connectivity index (χ3n) is 3.45. The molecule has 84 valence electrons. The van der Waals surface area contributed by atoms with Crippen molar-refractivity contribution in [1.29, 1.82) is 0 Å². The van der Waals surface area contributed by atoms with Crippen LogP contribution in [0.1, 0.15) is 43.6 Å². The average molecular weight is 216 g/mol. The molecular formula is C12H16N4. The zero-order chi connectivity index (χ0) is 11.0. The quantitative estimate of drug-likeness (QED) is 0.796. The highest BCUT2D eigenvalue weighted by Crippen LogP contribution is 2.34. The number of nitrogens with zero attached hydrogens (tertiary/aromatic N) is 3. The second kappa shape index (κ2) is 3.77. The van der Waals surface area contributed by atoms with Crippen molar-refractivity contribution >= 4 is 11.3 Å². The fourth-order valence-electron chi connectivity index (χ4n) is 2.61. The molecule has 0 bridgehead atoms. The summed E-state index contributed by atoms with van der Waals surface area (Å²) in [6.07, 6.45) is 12.1.